The summed E-state index contributed by atoms with van der Waals surface area (Å²) >= 11 is 0. The third-order valence-corrected chi connectivity index (χ3v) is 6.36. The highest BCUT2D eigenvalue weighted by Crippen LogP contribution is 2.31. The van der Waals surface area contributed by atoms with Crippen LogP contribution in [0, 0.1) is 0 Å². The molecule has 6 heteroatoms. The average molecular weight is 449 g/mol. The first-order chi connectivity index (χ1) is 15.7. The van der Waals surface area contributed by atoms with Crippen LogP contribution in [-0.4, -0.2) is 28.0 Å². The summed E-state index contributed by atoms with van der Waals surface area (Å²) in [6, 6.07) is 14.1. The van der Waals surface area contributed by atoms with Crippen LogP contribution in [0.2, 0.25) is 0 Å². The minimum Gasteiger partial charge on any atom is -0.382 e. The lowest BCUT2D eigenvalue weighted by Gasteiger charge is -2.31. The predicted octanol–water partition coefficient (Wildman–Crippen LogP) is 6.11. The van der Waals surface area contributed by atoms with Gasteiger partial charge in [0.05, 0.1) is 11.2 Å². The Bertz CT molecular complexity index is 1130. The van der Waals surface area contributed by atoms with Gasteiger partial charge in [-0.1, -0.05) is 39.0 Å². The fourth-order valence-corrected chi connectivity index (χ4v) is 4.36. The molecule has 174 valence electrons. The lowest BCUT2D eigenvalue weighted by Crippen LogP contribution is -2.40. The molecule has 0 saturated heterocycles. The number of halogens is 1. The molecule has 0 radical (unpaired) electrons. The Morgan fingerprint density at radius 1 is 1.06 bits per heavy atom. The number of nitrogens with zero attached hydrogens (tertiary/aromatic N) is 2. The van der Waals surface area contributed by atoms with Gasteiger partial charge in [0.15, 0.2) is 0 Å². The van der Waals surface area contributed by atoms with Crippen molar-refractivity contribution in [1.82, 2.24) is 15.3 Å². The number of hydrogen-bond acceptors (Lipinski definition) is 4. The monoisotopic (exact) mass is 448 g/mol. The second kappa shape index (κ2) is 9.46. The predicted molar refractivity (Wildman–Crippen MR) is 131 cm³/mol. The van der Waals surface area contributed by atoms with Gasteiger partial charge in [-0.3, -0.25) is 14.8 Å². The Morgan fingerprint density at radius 2 is 1.76 bits per heavy atom. The number of amides is 1. The summed E-state index contributed by atoms with van der Waals surface area (Å²) in [6.45, 7) is 7.97. The zero-order valence-corrected chi connectivity index (χ0v) is 19.9. The molecule has 1 atom stereocenters. The molecule has 2 heterocycles. The van der Waals surface area contributed by atoms with Gasteiger partial charge in [0.1, 0.15) is 6.17 Å². The maximum absolute atomic E-state index is 13.5. The molecule has 33 heavy (non-hydrogen) atoms. The maximum Gasteiger partial charge on any atom is 0.251 e. The lowest BCUT2D eigenvalue weighted by molar-refractivity contribution is 0.0926. The van der Waals surface area contributed by atoms with Gasteiger partial charge in [-0.15, -0.1) is 0 Å². The molecule has 2 N–H and O–H groups in total. The number of alkyl halides is 1. The van der Waals surface area contributed by atoms with Gasteiger partial charge in [-0.2, -0.15) is 0 Å². The van der Waals surface area contributed by atoms with Crippen molar-refractivity contribution in [3.05, 3.63) is 65.6 Å². The van der Waals surface area contributed by atoms with Crippen molar-refractivity contribution in [2.24, 2.45) is 0 Å². The number of pyridine rings is 2. The molecule has 1 aliphatic carbocycles. The van der Waals surface area contributed by atoms with E-state index in [9.17, 15) is 9.18 Å². The summed E-state index contributed by atoms with van der Waals surface area (Å²) < 4.78 is 13.5. The van der Waals surface area contributed by atoms with E-state index in [1.165, 1.54) is 19.2 Å². The SMILES string of the molecule is CC(F)c1cc(C(=O)NC2CCC(Nc3cc(C(C)(C)C)nc4ccccc34)CC2)ccn1. The van der Waals surface area contributed by atoms with Crippen LogP contribution >= 0.6 is 0 Å². The number of benzene rings is 1. The number of aromatic nitrogens is 2. The van der Waals surface area contributed by atoms with E-state index in [2.05, 4.69) is 54.6 Å². The van der Waals surface area contributed by atoms with Gasteiger partial charge in [-0.05, 0) is 56.9 Å². The molecule has 1 amide bonds. The Hall–Kier alpha value is -3.02. The van der Waals surface area contributed by atoms with Crippen molar-refractivity contribution in [3.63, 3.8) is 0 Å². The molecule has 1 aromatic carbocycles. The molecule has 4 rings (SSSR count). The zero-order valence-electron chi connectivity index (χ0n) is 19.9. The third-order valence-electron chi connectivity index (χ3n) is 6.36. The van der Waals surface area contributed by atoms with Gasteiger partial charge < -0.3 is 10.6 Å². The quantitative estimate of drug-likeness (QED) is 0.494. The van der Waals surface area contributed by atoms with Gasteiger partial charge in [0, 0.05) is 46.0 Å². The highest BCUT2D eigenvalue weighted by atomic mass is 19.1. The summed E-state index contributed by atoms with van der Waals surface area (Å²) in [4.78, 5) is 21.5. The zero-order chi connectivity index (χ0) is 23.6. The molecule has 0 spiro atoms. The number of anilines is 1. The number of hydrogen-bond donors (Lipinski definition) is 2. The molecule has 5 nitrogen and oxygen atoms in total. The number of carbonyl (C=O) groups is 1. The third kappa shape index (κ3) is 5.49. The van der Waals surface area contributed by atoms with Gasteiger partial charge >= 0.3 is 0 Å². The molecule has 1 aliphatic rings. The van der Waals surface area contributed by atoms with Crippen LogP contribution in [0.4, 0.5) is 10.1 Å². The molecular weight excluding hydrogens is 415 g/mol. The minimum atomic E-state index is -1.19. The Balaban J connectivity index is 1.40. The molecule has 1 unspecified atom stereocenters. The fourth-order valence-electron chi connectivity index (χ4n) is 4.36. The fraction of sp³-hybridized carbons (Fsp3) is 0.444. The second-order valence-electron chi connectivity index (χ2n) is 10.1. The number of rotatable bonds is 5. The molecular formula is C27H33FN4O. The van der Waals surface area contributed by atoms with E-state index in [4.69, 9.17) is 4.98 Å². The minimum absolute atomic E-state index is 0.0326. The van der Waals surface area contributed by atoms with Crippen molar-refractivity contribution >= 4 is 22.5 Å². The number of carbonyl (C=O) groups excluding carboxylic acids is 1. The van der Waals surface area contributed by atoms with E-state index in [0.29, 0.717) is 11.6 Å². The van der Waals surface area contributed by atoms with Gasteiger partial charge in [-0.25, -0.2) is 4.39 Å². The van der Waals surface area contributed by atoms with E-state index < -0.39 is 6.17 Å². The van der Waals surface area contributed by atoms with Gasteiger partial charge in [0.2, 0.25) is 0 Å². The highest BCUT2D eigenvalue weighted by molar-refractivity contribution is 5.94. The summed E-state index contributed by atoms with van der Waals surface area (Å²) in [5.41, 5.74) is 3.92. The highest BCUT2D eigenvalue weighted by Gasteiger charge is 2.24. The summed E-state index contributed by atoms with van der Waals surface area (Å²) in [6.07, 6.45) is 4.03. The van der Waals surface area contributed by atoms with Gasteiger partial charge in [0.25, 0.3) is 5.91 Å². The summed E-state index contributed by atoms with van der Waals surface area (Å²) in [5, 5.41) is 8.01. The Kier molecular flexibility index (Phi) is 6.63. The average Bonchev–Trinajstić information content (AvgIpc) is 2.79. The molecule has 1 saturated carbocycles. The van der Waals surface area contributed by atoms with Crippen molar-refractivity contribution in [1.29, 1.82) is 0 Å². The molecule has 1 fully saturated rings. The first kappa shape index (κ1) is 23.1. The smallest absolute Gasteiger partial charge is 0.251 e. The van der Waals surface area contributed by atoms with E-state index in [0.717, 1.165) is 48.0 Å². The normalized spacial score (nSPS) is 19.8. The van der Waals surface area contributed by atoms with E-state index in [1.807, 2.05) is 12.1 Å². The second-order valence-corrected chi connectivity index (χ2v) is 10.1. The lowest BCUT2D eigenvalue weighted by atomic mass is 9.89. The summed E-state index contributed by atoms with van der Waals surface area (Å²) in [5.74, 6) is -0.161. The van der Waals surface area contributed by atoms with Crippen LogP contribution in [0.1, 0.15) is 81.3 Å². The maximum atomic E-state index is 13.5. The first-order valence-corrected chi connectivity index (χ1v) is 11.8. The van der Waals surface area contributed by atoms with Crippen LogP contribution < -0.4 is 10.6 Å². The topological polar surface area (TPSA) is 66.9 Å². The summed E-state index contributed by atoms with van der Waals surface area (Å²) in [7, 11) is 0. The molecule has 2 aromatic heterocycles. The molecule has 0 bridgehead atoms. The van der Waals surface area contributed by atoms with E-state index in [1.54, 1.807) is 6.07 Å². The van der Waals surface area contributed by atoms with Crippen molar-refractivity contribution in [3.8, 4) is 0 Å². The largest absolute Gasteiger partial charge is 0.382 e. The van der Waals surface area contributed by atoms with Crippen LogP contribution in [-0.2, 0) is 5.41 Å². The van der Waals surface area contributed by atoms with E-state index >= 15 is 0 Å². The Morgan fingerprint density at radius 3 is 2.45 bits per heavy atom. The van der Waals surface area contributed by atoms with E-state index in [-0.39, 0.29) is 23.1 Å². The standard InChI is InChI=1S/C27H33FN4O/c1-17(28)23-15-18(13-14-29-23)26(33)31-20-11-9-19(10-12-20)30-24-16-25(27(2,3)4)32-22-8-6-5-7-21(22)24/h5-8,13-17,19-20H,9-12H2,1-4H3,(H,30,32)(H,31,33). The van der Waals surface area contributed by atoms with Crippen LogP contribution in [0.3, 0.4) is 0 Å². The Labute approximate surface area is 195 Å². The first-order valence-electron chi connectivity index (χ1n) is 11.8. The number of para-hydroxylation sites is 1. The van der Waals surface area contributed by atoms with Crippen LogP contribution in [0.25, 0.3) is 10.9 Å². The van der Waals surface area contributed by atoms with Crippen LogP contribution in [0.5, 0.6) is 0 Å². The molecule has 0 aliphatic heterocycles. The molecule has 3 aromatic rings. The van der Waals surface area contributed by atoms with Crippen molar-refractivity contribution < 1.29 is 9.18 Å². The van der Waals surface area contributed by atoms with Crippen molar-refractivity contribution in [2.75, 3.05) is 5.32 Å². The van der Waals surface area contributed by atoms with Crippen molar-refractivity contribution in [2.45, 2.75) is 77.0 Å². The number of nitrogens with one attached hydrogen (secondary N) is 2. The van der Waals surface area contributed by atoms with Crippen LogP contribution in [0.15, 0.2) is 48.7 Å². The number of fused-ring (bicyclic) bond motifs is 1.